The minimum atomic E-state index is 0.735. The summed E-state index contributed by atoms with van der Waals surface area (Å²) in [5, 5.41) is 4.17. The standard InChI is InChI=1S/C15H27N5S/c1-4-14-12-20(10-11-21-14)15(16-5-2)18-7-9-19-8-6-17-13(19)3/h6,8,14H,4-5,7,9-12H2,1-3H3,(H,16,18). The van der Waals surface area contributed by atoms with Gasteiger partial charge in [0.05, 0.1) is 6.54 Å². The molecule has 1 aromatic heterocycles. The fourth-order valence-corrected chi connectivity index (χ4v) is 3.67. The maximum atomic E-state index is 4.80. The molecule has 1 atom stereocenters. The fourth-order valence-electron chi connectivity index (χ4n) is 2.49. The number of thioether (sulfide) groups is 1. The Hall–Kier alpha value is -1.17. The maximum absolute atomic E-state index is 4.80. The second-order valence-electron chi connectivity index (χ2n) is 5.25. The first-order chi connectivity index (χ1) is 10.2. The number of aromatic nitrogens is 2. The number of guanidine groups is 1. The van der Waals surface area contributed by atoms with Gasteiger partial charge in [-0.2, -0.15) is 11.8 Å². The van der Waals surface area contributed by atoms with Crippen molar-refractivity contribution in [3.05, 3.63) is 18.2 Å². The molecule has 1 N–H and O–H groups in total. The smallest absolute Gasteiger partial charge is 0.194 e. The molecule has 1 aliphatic heterocycles. The molecule has 0 aromatic carbocycles. The molecule has 1 aromatic rings. The lowest BCUT2D eigenvalue weighted by atomic mass is 10.3. The van der Waals surface area contributed by atoms with Gasteiger partial charge in [0.25, 0.3) is 0 Å². The van der Waals surface area contributed by atoms with Gasteiger partial charge in [-0.05, 0) is 20.3 Å². The van der Waals surface area contributed by atoms with Crippen molar-refractivity contribution in [3.8, 4) is 0 Å². The summed E-state index contributed by atoms with van der Waals surface area (Å²) in [7, 11) is 0. The Morgan fingerprint density at radius 3 is 3.05 bits per heavy atom. The second-order valence-corrected chi connectivity index (χ2v) is 6.66. The molecule has 0 spiro atoms. The van der Waals surface area contributed by atoms with Crippen molar-refractivity contribution in [2.24, 2.45) is 4.99 Å². The summed E-state index contributed by atoms with van der Waals surface area (Å²) in [6.45, 7) is 11.2. The Bertz CT molecular complexity index is 457. The van der Waals surface area contributed by atoms with Crippen molar-refractivity contribution in [2.45, 2.75) is 39.0 Å². The van der Waals surface area contributed by atoms with Crippen molar-refractivity contribution >= 4 is 17.7 Å². The number of hydrogen-bond acceptors (Lipinski definition) is 3. The monoisotopic (exact) mass is 309 g/mol. The zero-order chi connectivity index (χ0) is 15.1. The number of aryl methyl sites for hydroxylation is 1. The van der Waals surface area contributed by atoms with E-state index in [9.17, 15) is 0 Å². The lowest BCUT2D eigenvalue weighted by Crippen LogP contribution is -2.48. The molecule has 1 aliphatic rings. The molecule has 0 saturated carbocycles. The number of imidazole rings is 1. The van der Waals surface area contributed by atoms with Gasteiger partial charge < -0.3 is 14.8 Å². The topological polar surface area (TPSA) is 45.5 Å². The molecule has 21 heavy (non-hydrogen) atoms. The summed E-state index contributed by atoms with van der Waals surface area (Å²) in [4.78, 5) is 11.5. The first-order valence-electron chi connectivity index (χ1n) is 7.87. The Labute approximate surface area is 132 Å². The maximum Gasteiger partial charge on any atom is 0.194 e. The highest BCUT2D eigenvalue weighted by atomic mass is 32.2. The third-order valence-corrected chi connectivity index (χ3v) is 5.13. The van der Waals surface area contributed by atoms with Crippen molar-refractivity contribution in [3.63, 3.8) is 0 Å². The molecular formula is C15H27N5S. The van der Waals surface area contributed by atoms with E-state index in [4.69, 9.17) is 4.99 Å². The van der Waals surface area contributed by atoms with Crippen molar-refractivity contribution < 1.29 is 0 Å². The number of rotatable bonds is 5. The van der Waals surface area contributed by atoms with Gasteiger partial charge in [-0.3, -0.25) is 4.99 Å². The third kappa shape index (κ3) is 4.66. The van der Waals surface area contributed by atoms with Crippen LogP contribution in [0.25, 0.3) is 0 Å². The number of aliphatic imine (C=N–C) groups is 1. The molecule has 0 bridgehead atoms. The molecule has 0 aliphatic carbocycles. The van der Waals surface area contributed by atoms with Crippen molar-refractivity contribution in [1.29, 1.82) is 0 Å². The van der Waals surface area contributed by atoms with Gasteiger partial charge in [-0.15, -0.1) is 0 Å². The molecule has 1 saturated heterocycles. The molecule has 0 amide bonds. The van der Waals surface area contributed by atoms with Crippen LogP contribution in [0.4, 0.5) is 0 Å². The first-order valence-corrected chi connectivity index (χ1v) is 8.92. The van der Waals surface area contributed by atoms with Gasteiger partial charge >= 0.3 is 0 Å². The molecule has 118 valence electrons. The van der Waals surface area contributed by atoms with E-state index in [1.807, 2.05) is 19.3 Å². The molecule has 1 unspecified atom stereocenters. The van der Waals surface area contributed by atoms with Crippen LogP contribution in [-0.2, 0) is 6.54 Å². The van der Waals surface area contributed by atoms with Gasteiger partial charge in [0.2, 0.25) is 0 Å². The molecule has 6 heteroatoms. The molecule has 5 nitrogen and oxygen atoms in total. The van der Waals surface area contributed by atoms with Crippen LogP contribution in [0, 0.1) is 6.92 Å². The summed E-state index contributed by atoms with van der Waals surface area (Å²) < 4.78 is 2.15. The van der Waals surface area contributed by atoms with E-state index >= 15 is 0 Å². The van der Waals surface area contributed by atoms with Crippen LogP contribution in [0.3, 0.4) is 0 Å². The van der Waals surface area contributed by atoms with Crippen molar-refractivity contribution in [1.82, 2.24) is 19.8 Å². The number of nitrogens with zero attached hydrogens (tertiary/aromatic N) is 4. The average molecular weight is 309 g/mol. The first kappa shape index (κ1) is 16.2. The zero-order valence-corrected chi connectivity index (χ0v) is 14.2. The fraction of sp³-hybridized carbons (Fsp3) is 0.733. The Morgan fingerprint density at radius 1 is 1.52 bits per heavy atom. The highest BCUT2D eigenvalue weighted by Crippen LogP contribution is 2.21. The van der Waals surface area contributed by atoms with Gasteiger partial charge in [0.1, 0.15) is 5.82 Å². The predicted octanol–water partition coefficient (Wildman–Crippen LogP) is 1.98. The zero-order valence-electron chi connectivity index (χ0n) is 13.4. The molecule has 0 radical (unpaired) electrons. The van der Waals surface area contributed by atoms with E-state index in [1.165, 1.54) is 12.2 Å². The van der Waals surface area contributed by atoms with Gasteiger partial charge in [0, 0.05) is 49.6 Å². The van der Waals surface area contributed by atoms with Gasteiger partial charge in [0.15, 0.2) is 5.96 Å². The quantitative estimate of drug-likeness (QED) is 0.667. The van der Waals surface area contributed by atoms with Gasteiger partial charge in [-0.1, -0.05) is 6.92 Å². The number of hydrogen-bond donors (Lipinski definition) is 1. The summed E-state index contributed by atoms with van der Waals surface area (Å²) in [5.41, 5.74) is 0. The summed E-state index contributed by atoms with van der Waals surface area (Å²) in [6, 6.07) is 0. The molecular weight excluding hydrogens is 282 g/mol. The summed E-state index contributed by atoms with van der Waals surface area (Å²) >= 11 is 2.09. The largest absolute Gasteiger partial charge is 0.357 e. The minimum Gasteiger partial charge on any atom is -0.357 e. The SMILES string of the molecule is CCNC(=NCCn1ccnc1C)N1CCSC(CC)C1. The minimum absolute atomic E-state index is 0.735. The van der Waals surface area contributed by atoms with Crippen LogP contribution in [0.15, 0.2) is 17.4 Å². The molecule has 2 heterocycles. The van der Waals surface area contributed by atoms with Crippen LogP contribution in [0.2, 0.25) is 0 Å². The van der Waals surface area contributed by atoms with E-state index in [0.29, 0.717) is 0 Å². The number of nitrogens with one attached hydrogen (secondary N) is 1. The van der Waals surface area contributed by atoms with E-state index in [-0.39, 0.29) is 0 Å². The molecule has 2 rings (SSSR count). The lowest BCUT2D eigenvalue weighted by molar-refractivity contribution is 0.407. The van der Waals surface area contributed by atoms with E-state index < -0.39 is 0 Å². The van der Waals surface area contributed by atoms with E-state index in [0.717, 1.165) is 49.8 Å². The Morgan fingerprint density at radius 2 is 2.38 bits per heavy atom. The Kier molecular flexibility index (Phi) is 6.42. The summed E-state index contributed by atoms with van der Waals surface area (Å²) in [5.74, 6) is 3.31. The van der Waals surface area contributed by atoms with E-state index in [1.54, 1.807) is 0 Å². The van der Waals surface area contributed by atoms with Crippen LogP contribution in [-0.4, -0.2) is 57.6 Å². The molecule has 1 fully saturated rings. The third-order valence-electron chi connectivity index (χ3n) is 3.75. The summed E-state index contributed by atoms with van der Waals surface area (Å²) in [6.07, 6.45) is 5.09. The van der Waals surface area contributed by atoms with E-state index in [2.05, 4.69) is 45.4 Å². The normalized spacial score (nSPS) is 19.9. The highest BCUT2D eigenvalue weighted by molar-refractivity contribution is 8.00. The highest BCUT2D eigenvalue weighted by Gasteiger charge is 2.21. The average Bonchev–Trinajstić information content (AvgIpc) is 2.92. The van der Waals surface area contributed by atoms with Crippen LogP contribution < -0.4 is 5.32 Å². The lowest BCUT2D eigenvalue weighted by Gasteiger charge is -2.34. The van der Waals surface area contributed by atoms with Crippen LogP contribution >= 0.6 is 11.8 Å². The van der Waals surface area contributed by atoms with Crippen LogP contribution in [0.1, 0.15) is 26.1 Å². The predicted molar refractivity (Wildman–Crippen MR) is 91.1 cm³/mol. The van der Waals surface area contributed by atoms with Crippen LogP contribution in [0.5, 0.6) is 0 Å². The Balaban J connectivity index is 1.93. The van der Waals surface area contributed by atoms with Gasteiger partial charge in [-0.25, -0.2) is 4.98 Å². The second kappa shape index (κ2) is 8.32. The van der Waals surface area contributed by atoms with Crippen molar-refractivity contribution in [2.75, 3.05) is 31.9 Å².